The zero-order chi connectivity index (χ0) is 23.4. The maximum absolute atomic E-state index is 13.3. The molecule has 2 aromatic heterocycles. The maximum atomic E-state index is 13.3. The number of thioether (sulfide) groups is 1. The number of rotatable bonds is 8. The highest BCUT2D eigenvalue weighted by molar-refractivity contribution is 7.98. The molecule has 32 heavy (non-hydrogen) atoms. The molecule has 1 N–H and O–H groups in total. The van der Waals surface area contributed by atoms with Gasteiger partial charge in [0.15, 0.2) is 5.16 Å². The van der Waals surface area contributed by atoms with Gasteiger partial charge in [-0.05, 0) is 44.2 Å². The molecule has 8 nitrogen and oxygen atoms in total. The third-order valence-electron chi connectivity index (χ3n) is 4.91. The fourth-order valence-corrected chi connectivity index (χ4v) is 4.11. The lowest BCUT2D eigenvalue weighted by atomic mass is 10.2. The second-order valence-electron chi connectivity index (χ2n) is 7.83. The molecule has 0 aliphatic rings. The molecule has 0 saturated heterocycles. The topological polar surface area (TPSA) is 95.2 Å². The Balaban J connectivity index is 1.96. The van der Waals surface area contributed by atoms with Crippen molar-refractivity contribution in [3.8, 4) is 0 Å². The number of amides is 1. The summed E-state index contributed by atoms with van der Waals surface area (Å²) in [6, 6.07) is 8.50. The molecule has 9 heteroatoms. The number of carbonyl (C=O) groups is 2. The zero-order valence-electron chi connectivity index (χ0n) is 19.0. The average Bonchev–Trinajstić information content (AvgIpc) is 3.05. The molecule has 1 amide bonds. The van der Waals surface area contributed by atoms with Gasteiger partial charge in [0.2, 0.25) is 5.91 Å². The normalized spacial score (nSPS) is 11.2. The van der Waals surface area contributed by atoms with E-state index in [2.05, 4.69) is 10.3 Å². The van der Waals surface area contributed by atoms with Crippen molar-refractivity contribution in [3.63, 3.8) is 0 Å². The van der Waals surface area contributed by atoms with Gasteiger partial charge in [0.05, 0.1) is 23.4 Å². The number of esters is 1. The van der Waals surface area contributed by atoms with Gasteiger partial charge < -0.3 is 14.6 Å². The average molecular weight is 457 g/mol. The smallest absolute Gasteiger partial charge is 0.340 e. The summed E-state index contributed by atoms with van der Waals surface area (Å²) in [4.78, 5) is 43.1. The van der Waals surface area contributed by atoms with Gasteiger partial charge in [-0.3, -0.25) is 14.2 Å². The fraction of sp³-hybridized carbons (Fsp3) is 0.391. The lowest BCUT2D eigenvalue weighted by Gasteiger charge is -2.15. The molecule has 0 spiro atoms. The van der Waals surface area contributed by atoms with Gasteiger partial charge in [-0.2, -0.15) is 0 Å². The largest absolute Gasteiger partial charge is 0.462 e. The van der Waals surface area contributed by atoms with Crippen molar-refractivity contribution in [1.29, 1.82) is 0 Å². The van der Waals surface area contributed by atoms with E-state index >= 15 is 0 Å². The van der Waals surface area contributed by atoms with Gasteiger partial charge in [0.1, 0.15) is 12.1 Å². The van der Waals surface area contributed by atoms with E-state index in [9.17, 15) is 14.4 Å². The van der Waals surface area contributed by atoms with E-state index < -0.39 is 5.97 Å². The highest BCUT2D eigenvalue weighted by atomic mass is 32.2. The Morgan fingerprint density at radius 3 is 2.59 bits per heavy atom. The van der Waals surface area contributed by atoms with Gasteiger partial charge in [0, 0.05) is 12.2 Å². The number of nitrogens with zero attached hydrogens (tertiary/aromatic N) is 3. The Morgan fingerprint density at radius 1 is 1.22 bits per heavy atom. The third-order valence-corrected chi connectivity index (χ3v) is 5.58. The van der Waals surface area contributed by atoms with E-state index in [4.69, 9.17) is 4.74 Å². The second-order valence-corrected chi connectivity index (χ2v) is 8.60. The second kappa shape index (κ2) is 10.0. The van der Waals surface area contributed by atoms with Crippen LogP contribution in [0, 0.1) is 12.8 Å². The predicted octanol–water partition coefficient (Wildman–Crippen LogP) is 3.70. The fourth-order valence-electron chi connectivity index (χ4n) is 3.55. The van der Waals surface area contributed by atoms with E-state index in [1.165, 1.54) is 11.8 Å². The Hall–Kier alpha value is -3.07. The monoisotopic (exact) mass is 456 g/mol. The van der Waals surface area contributed by atoms with Gasteiger partial charge >= 0.3 is 5.97 Å². The summed E-state index contributed by atoms with van der Waals surface area (Å²) in [5, 5.41) is 3.43. The molecule has 0 fully saturated rings. The molecule has 3 rings (SSSR count). The van der Waals surface area contributed by atoms with Crippen molar-refractivity contribution in [2.75, 3.05) is 18.2 Å². The van der Waals surface area contributed by atoms with Crippen LogP contribution in [0.3, 0.4) is 0 Å². The molecule has 0 aliphatic carbocycles. The molecule has 0 radical (unpaired) electrons. The summed E-state index contributed by atoms with van der Waals surface area (Å²) in [5.74, 6) is -0.590. The van der Waals surface area contributed by atoms with Crippen molar-refractivity contribution < 1.29 is 14.3 Å². The molecule has 2 heterocycles. The lowest BCUT2D eigenvalue weighted by molar-refractivity contribution is -0.116. The number of aryl methyl sites for hydroxylation is 1. The number of hydrogen-bond acceptors (Lipinski definition) is 6. The molecule has 0 saturated carbocycles. The van der Waals surface area contributed by atoms with E-state index in [1.54, 1.807) is 40.3 Å². The highest BCUT2D eigenvalue weighted by Gasteiger charge is 2.20. The first kappa shape index (κ1) is 23.6. The van der Waals surface area contributed by atoms with Crippen molar-refractivity contribution >= 4 is 40.4 Å². The molecular formula is C23H28N4O4S. The maximum Gasteiger partial charge on any atom is 0.340 e. The zero-order valence-corrected chi connectivity index (χ0v) is 19.8. The summed E-state index contributed by atoms with van der Waals surface area (Å²) in [6.07, 6.45) is 1.89. The van der Waals surface area contributed by atoms with Crippen LogP contribution in [0.1, 0.15) is 36.8 Å². The van der Waals surface area contributed by atoms with Crippen LogP contribution < -0.4 is 10.9 Å². The Bertz CT molecular complexity index is 1210. The first-order valence-corrected chi connectivity index (χ1v) is 11.7. The summed E-state index contributed by atoms with van der Waals surface area (Å²) in [7, 11) is 0. The number of nitrogens with one attached hydrogen (secondary N) is 1. The van der Waals surface area contributed by atoms with Crippen LogP contribution in [-0.2, 0) is 22.6 Å². The van der Waals surface area contributed by atoms with Crippen LogP contribution in [0.15, 0.2) is 40.3 Å². The van der Waals surface area contributed by atoms with Crippen LogP contribution >= 0.6 is 11.8 Å². The Labute approximate surface area is 191 Å². The number of para-hydroxylation sites is 1. The number of anilines is 1. The number of carbonyl (C=O) groups excluding carboxylic acids is 2. The minimum absolute atomic E-state index is 0.0797. The van der Waals surface area contributed by atoms with E-state index in [0.29, 0.717) is 28.4 Å². The number of aromatic nitrogens is 3. The predicted molar refractivity (Wildman–Crippen MR) is 126 cm³/mol. The van der Waals surface area contributed by atoms with Crippen molar-refractivity contribution in [2.24, 2.45) is 5.92 Å². The molecule has 170 valence electrons. The number of benzene rings is 1. The van der Waals surface area contributed by atoms with Crippen LogP contribution in [0.5, 0.6) is 0 Å². The van der Waals surface area contributed by atoms with Crippen LogP contribution in [0.2, 0.25) is 0 Å². The quantitative estimate of drug-likeness (QED) is 0.315. The number of hydrogen-bond donors (Lipinski definition) is 1. The van der Waals surface area contributed by atoms with Gasteiger partial charge in [-0.1, -0.05) is 37.7 Å². The Kier molecular flexibility index (Phi) is 7.40. The highest BCUT2D eigenvalue weighted by Crippen LogP contribution is 2.21. The van der Waals surface area contributed by atoms with Crippen molar-refractivity contribution in [2.45, 2.75) is 45.9 Å². The minimum atomic E-state index is -0.503. The van der Waals surface area contributed by atoms with Crippen LogP contribution in [-0.4, -0.2) is 38.9 Å². The van der Waals surface area contributed by atoms with Gasteiger partial charge in [-0.25, -0.2) is 9.78 Å². The Morgan fingerprint density at radius 2 is 1.94 bits per heavy atom. The standard InChI is InChI=1S/C23H28N4O4S/c1-6-31-22(30)16-9-7-8-10-17(16)24-19(28)13-26-15(4)11-18-20(26)21(29)27(12-14(2)3)23(25-18)32-5/h7-11,14H,6,12-13H2,1-5H3,(H,24,28). The molecular weight excluding hydrogens is 428 g/mol. The van der Waals surface area contributed by atoms with Crippen molar-refractivity contribution in [3.05, 3.63) is 51.9 Å². The van der Waals surface area contributed by atoms with Crippen molar-refractivity contribution in [1.82, 2.24) is 14.1 Å². The van der Waals surface area contributed by atoms with E-state index in [1.807, 2.05) is 33.1 Å². The molecule has 0 atom stereocenters. The van der Waals surface area contributed by atoms with Gasteiger partial charge in [0.25, 0.3) is 5.56 Å². The summed E-state index contributed by atoms with van der Waals surface area (Å²) in [5.41, 5.74) is 2.20. The van der Waals surface area contributed by atoms with E-state index in [-0.39, 0.29) is 36.1 Å². The van der Waals surface area contributed by atoms with Crippen LogP contribution in [0.25, 0.3) is 11.0 Å². The first-order chi connectivity index (χ1) is 15.3. The van der Waals surface area contributed by atoms with E-state index in [0.717, 1.165) is 5.69 Å². The number of ether oxygens (including phenoxy) is 1. The lowest BCUT2D eigenvalue weighted by Crippen LogP contribution is -2.28. The van der Waals surface area contributed by atoms with Crippen LogP contribution in [0.4, 0.5) is 5.69 Å². The molecule has 3 aromatic rings. The molecule has 0 aliphatic heterocycles. The first-order valence-electron chi connectivity index (χ1n) is 10.5. The minimum Gasteiger partial charge on any atom is -0.462 e. The molecule has 0 bridgehead atoms. The molecule has 0 unspecified atom stereocenters. The third kappa shape index (κ3) is 4.88. The summed E-state index contributed by atoms with van der Waals surface area (Å²) >= 11 is 1.42. The number of fused-ring (bicyclic) bond motifs is 1. The summed E-state index contributed by atoms with van der Waals surface area (Å²) < 4.78 is 8.41. The summed E-state index contributed by atoms with van der Waals surface area (Å²) in [6.45, 7) is 8.35. The van der Waals surface area contributed by atoms with Gasteiger partial charge in [-0.15, -0.1) is 0 Å². The molecule has 1 aromatic carbocycles. The SMILES string of the molecule is CCOC(=O)c1ccccc1NC(=O)Cn1c(C)cc2nc(SC)n(CC(C)C)c(=O)c21.